The van der Waals surface area contributed by atoms with E-state index in [1.54, 1.807) is 18.1 Å². The normalized spacial score (nSPS) is 20.1. The highest BCUT2D eigenvalue weighted by Gasteiger charge is 2.28. The third kappa shape index (κ3) is 2.70. The van der Waals surface area contributed by atoms with Crippen LogP contribution >= 0.6 is 0 Å². The first-order chi connectivity index (χ1) is 8.76. The zero-order chi connectivity index (χ0) is 13.0. The molecule has 18 heavy (non-hydrogen) atoms. The number of aromatic nitrogens is 1. The van der Waals surface area contributed by atoms with Crippen LogP contribution in [0.25, 0.3) is 0 Å². The largest absolute Gasteiger partial charge is 0.394 e. The second kappa shape index (κ2) is 5.97. The maximum absolute atomic E-state index is 12.2. The molecule has 1 saturated heterocycles. The molecule has 1 aliphatic rings. The van der Waals surface area contributed by atoms with Gasteiger partial charge in [0.05, 0.1) is 12.6 Å². The molecule has 0 bridgehead atoms. The van der Waals surface area contributed by atoms with Gasteiger partial charge in [-0.1, -0.05) is 5.16 Å². The van der Waals surface area contributed by atoms with Gasteiger partial charge in [-0.25, -0.2) is 0 Å². The minimum atomic E-state index is -0.181. The number of methoxy groups -OCH3 is 1. The van der Waals surface area contributed by atoms with Crippen molar-refractivity contribution >= 4 is 5.91 Å². The first kappa shape index (κ1) is 13.0. The molecule has 1 fully saturated rings. The fraction of sp³-hybridized carbons (Fsp3) is 0.667. The van der Waals surface area contributed by atoms with Gasteiger partial charge in [-0.15, -0.1) is 0 Å². The summed E-state index contributed by atoms with van der Waals surface area (Å²) in [5, 5.41) is 13.0. The van der Waals surface area contributed by atoms with Gasteiger partial charge in [0, 0.05) is 19.7 Å². The number of hydrogen-bond donors (Lipinski definition) is 1. The highest BCUT2D eigenvalue weighted by molar-refractivity contribution is 5.92. The summed E-state index contributed by atoms with van der Waals surface area (Å²) in [5.41, 5.74) is 0.280. The molecule has 1 atom stereocenters. The fourth-order valence-electron chi connectivity index (χ4n) is 2.23. The van der Waals surface area contributed by atoms with Crippen molar-refractivity contribution in [1.82, 2.24) is 10.1 Å². The summed E-state index contributed by atoms with van der Waals surface area (Å²) in [5.74, 6) is 0.346. The molecule has 1 unspecified atom stereocenters. The Morgan fingerprint density at radius 2 is 2.50 bits per heavy atom. The molecular formula is C12H18N2O4. The second-order valence-electron chi connectivity index (χ2n) is 4.44. The zero-order valence-electron chi connectivity index (χ0n) is 10.5. The number of carbonyl (C=O) groups is 1. The summed E-state index contributed by atoms with van der Waals surface area (Å²) in [6, 6.07) is 1.49. The molecule has 2 heterocycles. The SMILES string of the molecule is COCc1cc(C(=O)N2CCCCC2CO)no1. The topological polar surface area (TPSA) is 75.8 Å². The van der Waals surface area contributed by atoms with Crippen molar-refractivity contribution in [3.63, 3.8) is 0 Å². The number of piperidine rings is 1. The van der Waals surface area contributed by atoms with Crippen LogP contribution in [0, 0.1) is 0 Å². The molecule has 0 spiro atoms. The standard InChI is InChI=1S/C12H18N2O4/c1-17-8-10-6-11(13-18-10)12(16)14-5-3-2-4-9(14)7-15/h6,9,15H,2-5,7-8H2,1H3. The highest BCUT2D eigenvalue weighted by Crippen LogP contribution is 2.19. The van der Waals surface area contributed by atoms with Crippen molar-refractivity contribution in [3.8, 4) is 0 Å². The average molecular weight is 254 g/mol. The molecule has 0 radical (unpaired) electrons. The number of aliphatic hydroxyl groups excluding tert-OH is 1. The van der Waals surface area contributed by atoms with Crippen LogP contribution in [0.1, 0.15) is 35.5 Å². The summed E-state index contributed by atoms with van der Waals surface area (Å²) in [7, 11) is 1.55. The summed E-state index contributed by atoms with van der Waals surface area (Å²) >= 11 is 0. The van der Waals surface area contributed by atoms with E-state index < -0.39 is 0 Å². The lowest BCUT2D eigenvalue weighted by Gasteiger charge is -2.33. The Balaban J connectivity index is 2.08. The number of aliphatic hydroxyl groups is 1. The molecule has 0 saturated carbocycles. The highest BCUT2D eigenvalue weighted by atomic mass is 16.5. The molecule has 1 aromatic heterocycles. The van der Waals surface area contributed by atoms with Crippen LogP contribution in [-0.4, -0.2) is 47.4 Å². The Morgan fingerprint density at radius 3 is 3.22 bits per heavy atom. The first-order valence-corrected chi connectivity index (χ1v) is 6.12. The quantitative estimate of drug-likeness (QED) is 0.860. The lowest BCUT2D eigenvalue weighted by molar-refractivity contribution is 0.0493. The van der Waals surface area contributed by atoms with Gasteiger partial charge in [0.15, 0.2) is 11.5 Å². The molecule has 1 aromatic rings. The van der Waals surface area contributed by atoms with Crippen LogP contribution in [0.2, 0.25) is 0 Å². The van der Waals surface area contributed by atoms with E-state index in [0.717, 1.165) is 19.3 Å². The average Bonchev–Trinajstić information content (AvgIpc) is 2.87. The van der Waals surface area contributed by atoms with Crippen molar-refractivity contribution in [3.05, 3.63) is 17.5 Å². The molecule has 0 aromatic carbocycles. The van der Waals surface area contributed by atoms with Gasteiger partial charge in [-0.05, 0) is 19.3 Å². The molecule has 6 nitrogen and oxygen atoms in total. The predicted molar refractivity (Wildman–Crippen MR) is 63.0 cm³/mol. The van der Waals surface area contributed by atoms with E-state index in [1.807, 2.05) is 0 Å². The van der Waals surface area contributed by atoms with E-state index in [4.69, 9.17) is 9.26 Å². The smallest absolute Gasteiger partial charge is 0.276 e. The van der Waals surface area contributed by atoms with E-state index in [1.165, 1.54) is 0 Å². The molecule has 1 aliphatic heterocycles. The van der Waals surface area contributed by atoms with Gasteiger partial charge in [-0.3, -0.25) is 4.79 Å². The van der Waals surface area contributed by atoms with Crippen LogP contribution in [0.5, 0.6) is 0 Å². The maximum Gasteiger partial charge on any atom is 0.276 e. The number of amides is 1. The number of hydrogen-bond acceptors (Lipinski definition) is 5. The van der Waals surface area contributed by atoms with Gasteiger partial charge in [0.1, 0.15) is 6.61 Å². The van der Waals surface area contributed by atoms with Crippen molar-refractivity contribution in [2.24, 2.45) is 0 Å². The number of carbonyl (C=O) groups excluding carboxylic acids is 1. The molecule has 6 heteroatoms. The molecule has 2 rings (SSSR count). The second-order valence-corrected chi connectivity index (χ2v) is 4.44. The van der Waals surface area contributed by atoms with Crippen LogP contribution in [0.15, 0.2) is 10.6 Å². The van der Waals surface area contributed by atoms with Gasteiger partial charge >= 0.3 is 0 Å². The monoisotopic (exact) mass is 254 g/mol. The Hall–Kier alpha value is -1.40. The predicted octanol–water partition coefficient (Wildman–Crippen LogP) is 0.808. The Labute approximate surface area is 106 Å². The maximum atomic E-state index is 12.2. The van der Waals surface area contributed by atoms with E-state index >= 15 is 0 Å². The lowest BCUT2D eigenvalue weighted by Crippen LogP contribution is -2.45. The van der Waals surface area contributed by atoms with Crippen molar-refractivity contribution in [1.29, 1.82) is 0 Å². The van der Waals surface area contributed by atoms with Crippen LogP contribution < -0.4 is 0 Å². The van der Waals surface area contributed by atoms with E-state index in [9.17, 15) is 9.90 Å². The lowest BCUT2D eigenvalue weighted by atomic mass is 10.0. The van der Waals surface area contributed by atoms with Gasteiger partial charge < -0.3 is 19.3 Å². The zero-order valence-corrected chi connectivity index (χ0v) is 10.5. The summed E-state index contributed by atoms with van der Waals surface area (Å²) in [4.78, 5) is 13.9. The van der Waals surface area contributed by atoms with Crippen molar-refractivity contribution in [2.75, 3.05) is 20.3 Å². The summed E-state index contributed by atoms with van der Waals surface area (Å²) < 4.78 is 9.91. The van der Waals surface area contributed by atoms with Gasteiger partial charge in [-0.2, -0.15) is 0 Å². The van der Waals surface area contributed by atoms with E-state index in [0.29, 0.717) is 18.9 Å². The Kier molecular flexibility index (Phi) is 4.33. The molecule has 1 N–H and O–H groups in total. The Morgan fingerprint density at radius 1 is 1.67 bits per heavy atom. The van der Waals surface area contributed by atoms with Crippen molar-refractivity contribution < 1.29 is 19.2 Å². The number of nitrogens with zero attached hydrogens (tertiary/aromatic N) is 2. The van der Waals surface area contributed by atoms with Crippen LogP contribution in [0.4, 0.5) is 0 Å². The van der Waals surface area contributed by atoms with Crippen LogP contribution in [0.3, 0.4) is 0 Å². The van der Waals surface area contributed by atoms with Crippen LogP contribution in [-0.2, 0) is 11.3 Å². The Bertz CT molecular complexity index is 405. The minimum absolute atomic E-state index is 0.00544. The molecular weight excluding hydrogens is 236 g/mol. The number of likely N-dealkylation sites (tertiary alicyclic amines) is 1. The molecule has 0 aliphatic carbocycles. The number of rotatable bonds is 4. The number of ether oxygens (including phenoxy) is 1. The summed E-state index contributed by atoms with van der Waals surface area (Å²) in [6.07, 6.45) is 2.85. The molecule has 100 valence electrons. The van der Waals surface area contributed by atoms with Gasteiger partial charge in [0.25, 0.3) is 5.91 Å². The van der Waals surface area contributed by atoms with Gasteiger partial charge in [0.2, 0.25) is 0 Å². The first-order valence-electron chi connectivity index (χ1n) is 6.12. The summed E-state index contributed by atoms with van der Waals surface area (Å²) in [6.45, 7) is 0.953. The third-order valence-corrected chi connectivity index (χ3v) is 3.16. The third-order valence-electron chi connectivity index (χ3n) is 3.16. The molecule has 1 amide bonds. The van der Waals surface area contributed by atoms with E-state index in [2.05, 4.69) is 5.16 Å². The van der Waals surface area contributed by atoms with E-state index in [-0.39, 0.29) is 24.2 Å². The van der Waals surface area contributed by atoms with Crippen molar-refractivity contribution in [2.45, 2.75) is 31.9 Å². The fourth-order valence-corrected chi connectivity index (χ4v) is 2.23. The minimum Gasteiger partial charge on any atom is -0.394 e.